The fourth-order valence-electron chi connectivity index (χ4n) is 1.72. The number of ether oxygens (including phenoxy) is 1. The van der Waals surface area contributed by atoms with E-state index in [1.807, 2.05) is 62.4 Å². The quantitative estimate of drug-likeness (QED) is 0.230. The van der Waals surface area contributed by atoms with Crippen molar-refractivity contribution in [3.63, 3.8) is 0 Å². The van der Waals surface area contributed by atoms with E-state index >= 15 is 0 Å². The van der Waals surface area contributed by atoms with Gasteiger partial charge in [0.05, 0.1) is 5.71 Å². The van der Waals surface area contributed by atoms with Gasteiger partial charge < -0.3 is 10.1 Å². The van der Waals surface area contributed by atoms with Crippen LogP contribution in [0.1, 0.15) is 19.4 Å². The first-order chi connectivity index (χ1) is 12.1. The summed E-state index contributed by atoms with van der Waals surface area (Å²) in [5.41, 5.74) is 5.52. The highest BCUT2D eigenvalue weighted by atomic mass is 32.1. The maximum atomic E-state index is 5.71. The number of benzene rings is 1. The lowest BCUT2D eigenvalue weighted by atomic mass is 10.1. The lowest BCUT2D eigenvalue weighted by molar-refractivity contribution is 0.356. The van der Waals surface area contributed by atoms with Crippen LogP contribution in [0.4, 0.5) is 0 Å². The molecule has 0 unspecified atom stereocenters. The van der Waals surface area contributed by atoms with Crippen LogP contribution in [0.15, 0.2) is 78.5 Å². The van der Waals surface area contributed by atoms with Gasteiger partial charge in [-0.2, -0.15) is 5.10 Å². The summed E-state index contributed by atoms with van der Waals surface area (Å²) in [5, 5.41) is 7.66. The molecule has 0 fully saturated rings. The summed E-state index contributed by atoms with van der Waals surface area (Å²) in [4.78, 5) is 0. The van der Waals surface area contributed by atoms with Crippen LogP contribution in [0.25, 0.3) is 0 Å². The number of hydrogen-bond donors (Lipinski definition) is 2. The van der Waals surface area contributed by atoms with Crippen LogP contribution in [0.3, 0.4) is 0 Å². The van der Waals surface area contributed by atoms with Crippen molar-refractivity contribution in [2.75, 3.05) is 13.2 Å². The van der Waals surface area contributed by atoms with E-state index < -0.39 is 0 Å². The Balaban J connectivity index is 2.53. The Labute approximate surface area is 155 Å². The second-order valence-electron chi connectivity index (χ2n) is 5.16. The molecule has 25 heavy (non-hydrogen) atoms. The second-order valence-corrected chi connectivity index (χ2v) is 5.57. The summed E-state index contributed by atoms with van der Waals surface area (Å²) in [6.07, 6.45) is 9.52. The maximum absolute atomic E-state index is 5.71. The normalized spacial score (nSPS) is 11.5. The molecule has 1 rings (SSSR count). The Morgan fingerprint density at radius 1 is 1.28 bits per heavy atom. The molecule has 0 aliphatic rings. The molecule has 0 aliphatic carbocycles. The number of hydrazone groups is 1. The van der Waals surface area contributed by atoms with E-state index in [4.69, 9.17) is 17.0 Å². The number of thiocarbonyl (C=S) groups is 1. The van der Waals surface area contributed by atoms with Gasteiger partial charge in [0.1, 0.15) is 12.4 Å². The smallest absolute Gasteiger partial charge is 0.187 e. The number of rotatable bonds is 9. The Morgan fingerprint density at radius 2 is 2.00 bits per heavy atom. The van der Waals surface area contributed by atoms with Gasteiger partial charge in [0.25, 0.3) is 0 Å². The van der Waals surface area contributed by atoms with Crippen LogP contribution >= 0.6 is 12.2 Å². The molecule has 0 amide bonds. The van der Waals surface area contributed by atoms with Crippen molar-refractivity contribution in [2.45, 2.75) is 13.8 Å². The third kappa shape index (κ3) is 8.67. The van der Waals surface area contributed by atoms with Crippen molar-refractivity contribution in [3.8, 4) is 5.75 Å². The van der Waals surface area contributed by atoms with Gasteiger partial charge in [0.15, 0.2) is 5.11 Å². The fraction of sp³-hybridized carbons (Fsp3) is 0.200. The lowest BCUT2D eigenvalue weighted by Gasteiger charge is -2.08. The molecule has 0 saturated heterocycles. The minimum Gasteiger partial charge on any atom is -0.489 e. The van der Waals surface area contributed by atoms with E-state index in [2.05, 4.69) is 29.0 Å². The van der Waals surface area contributed by atoms with Gasteiger partial charge in [0.2, 0.25) is 0 Å². The number of nitrogens with one attached hydrogen (secondary N) is 2. The van der Waals surface area contributed by atoms with Gasteiger partial charge in [0, 0.05) is 6.54 Å². The van der Waals surface area contributed by atoms with E-state index in [9.17, 15) is 0 Å². The third-order valence-electron chi connectivity index (χ3n) is 3.06. The summed E-state index contributed by atoms with van der Waals surface area (Å²) in [7, 11) is 0. The van der Waals surface area contributed by atoms with Crippen LogP contribution in [0.5, 0.6) is 5.75 Å². The molecule has 5 heteroatoms. The van der Waals surface area contributed by atoms with E-state index in [0.29, 0.717) is 18.3 Å². The van der Waals surface area contributed by atoms with Crippen molar-refractivity contribution in [1.29, 1.82) is 0 Å². The summed E-state index contributed by atoms with van der Waals surface area (Å²) in [6.45, 7) is 12.5. The number of nitrogens with zero attached hydrogens (tertiary/aromatic N) is 1. The average Bonchev–Trinajstić information content (AvgIpc) is 2.63. The largest absolute Gasteiger partial charge is 0.489 e. The Bertz CT molecular complexity index is 673. The summed E-state index contributed by atoms with van der Waals surface area (Å²) < 4.78 is 5.71. The zero-order valence-electron chi connectivity index (χ0n) is 14.8. The molecule has 0 aliphatic heterocycles. The van der Waals surface area contributed by atoms with Gasteiger partial charge >= 0.3 is 0 Å². The van der Waals surface area contributed by atoms with Crippen LogP contribution in [-0.2, 0) is 0 Å². The third-order valence-corrected chi connectivity index (χ3v) is 3.30. The summed E-state index contributed by atoms with van der Waals surface area (Å²) in [6, 6.07) is 7.72. The van der Waals surface area contributed by atoms with Gasteiger partial charge in [-0.3, -0.25) is 5.43 Å². The highest BCUT2D eigenvalue weighted by Crippen LogP contribution is 2.13. The van der Waals surface area contributed by atoms with Crippen molar-refractivity contribution >= 4 is 23.0 Å². The molecule has 0 heterocycles. The summed E-state index contributed by atoms with van der Waals surface area (Å²) in [5.74, 6) is 0.785. The molecule has 0 aromatic heterocycles. The molecule has 132 valence electrons. The predicted molar refractivity (Wildman–Crippen MR) is 111 cm³/mol. The zero-order chi connectivity index (χ0) is 18.5. The molecule has 1 aromatic carbocycles. The topological polar surface area (TPSA) is 45.7 Å². The monoisotopic (exact) mass is 355 g/mol. The van der Waals surface area contributed by atoms with Crippen LogP contribution in [-0.4, -0.2) is 24.0 Å². The van der Waals surface area contributed by atoms with Crippen molar-refractivity contribution in [2.24, 2.45) is 5.10 Å². The predicted octanol–water partition coefficient (Wildman–Crippen LogP) is 4.13. The standard InChI is InChI=1S/C20H25N3OS/c1-5-7-8-9-16(3)15-24-19-12-10-18(11-13-19)17(4)22-23-20(25)21-14-6-2/h5-13H,2-3,14-15H2,1,4H3,(H2,21,23,25)/b7-5-,9-8-,22-17+. The first kappa shape index (κ1) is 20.4. The first-order valence-electron chi connectivity index (χ1n) is 7.96. The zero-order valence-corrected chi connectivity index (χ0v) is 15.6. The van der Waals surface area contributed by atoms with E-state index in [1.54, 1.807) is 6.08 Å². The van der Waals surface area contributed by atoms with E-state index in [1.165, 1.54) is 0 Å². The van der Waals surface area contributed by atoms with Gasteiger partial charge in [-0.15, -0.1) is 6.58 Å². The van der Waals surface area contributed by atoms with Crippen molar-refractivity contribution in [1.82, 2.24) is 10.7 Å². The summed E-state index contributed by atoms with van der Waals surface area (Å²) >= 11 is 5.09. The molecular weight excluding hydrogens is 330 g/mol. The SMILES string of the molecule is C=CCNC(=S)N/N=C(\C)c1ccc(OCC(=C)/C=C\C=C/C)cc1. The molecule has 0 spiro atoms. The highest BCUT2D eigenvalue weighted by Gasteiger charge is 2.00. The molecule has 2 N–H and O–H groups in total. The highest BCUT2D eigenvalue weighted by molar-refractivity contribution is 7.80. The Hall–Kier alpha value is -2.66. The van der Waals surface area contributed by atoms with Crippen molar-refractivity contribution in [3.05, 3.63) is 78.9 Å². The fourth-order valence-corrected chi connectivity index (χ4v) is 1.85. The van der Waals surface area contributed by atoms with E-state index in [-0.39, 0.29) is 0 Å². The van der Waals surface area contributed by atoms with Gasteiger partial charge in [-0.1, -0.05) is 37.0 Å². The molecule has 0 saturated carbocycles. The van der Waals surface area contributed by atoms with Crippen molar-refractivity contribution < 1.29 is 4.74 Å². The van der Waals surface area contributed by atoms with Crippen LogP contribution in [0, 0.1) is 0 Å². The molecule has 0 radical (unpaired) electrons. The lowest BCUT2D eigenvalue weighted by Crippen LogP contribution is -2.32. The van der Waals surface area contributed by atoms with E-state index in [0.717, 1.165) is 22.6 Å². The molecule has 4 nitrogen and oxygen atoms in total. The molecular formula is C20H25N3OS. The van der Waals surface area contributed by atoms with Gasteiger partial charge in [-0.25, -0.2) is 0 Å². The minimum atomic E-state index is 0.450. The van der Waals surface area contributed by atoms with Crippen LogP contribution < -0.4 is 15.5 Å². The average molecular weight is 356 g/mol. The van der Waals surface area contributed by atoms with Gasteiger partial charge in [-0.05, 0) is 61.5 Å². The Morgan fingerprint density at radius 3 is 2.64 bits per heavy atom. The molecule has 0 bridgehead atoms. The minimum absolute atomic E-state index is 0.450. The number of allylic oxidation sites excluding steroid dienone is 3. The first-order valence-corrected chi connectivity index (χ1v) is 8.37. The second kappa shape index (κ2) is 11.8. The van der Waals surface area contributed by atoms with Crippen LogP contribution in [0.2, 0.25) is 0 Å². The molecule has 0 atom stereocenters. The Kier molecular flexibility index (Phi) is 9.63. The number of hydrogen-bond acceptors (Lipinski definition) is 3. The molecule has 1 aromatic rings. The maximum Gasteiger partial charge on any atom is 0.187 e.